The van der Waals surface area contributed by atoms with E-state index in [0.717, 1.165) is 22.3 Å². The van der Waals surface area contributed by atoms with E-state index in [2.05, 4.69) is 0 Å². The second-order valence-electron chi connectivity index (χ2n) is 8.74. The van der Waals surface area contributed by atoms with E-state index < -0.39 is 5.54 Å². The Balaban J connectivity index is 1.40. The summed E-state index contributed by atoms with van der Waals surface area (Å²) in [6.07, 6.45) is 0.926. The van der Waals surface area contributed by atoms with Crippen LogP contribution in [0.5, 0.6) is 0 Å². The molecule has 1 saturated heterocycles. The summed E-state index contributed by atoms with van der Waals surface area (Å²) in [6.45, 7) is 2.92. The Bertz CT molecular complexity index is 1160. The van der Waals surface area contributed by atoms with Crippen LogP contribution in [0.3, 0.4) is 0 Å². The molecule has 0 radical (unpaired) electrons. The van der Waals surface area contributed by atoms with Crippen LogP contribution >= 0.6 is 23.2 Å². The van der Waals surface area contributed by atoms with E-state index in [1.807, 2.05) is 79.7 Å². The highest BCUT2D eigenvalue weighted by Crippen LogP contribution is 2.33. The fourth-order valence-electron chi connectivity index (χ4n) is 4.28. The minimum Gasteiger partial charge on any atom is -0.339 e. The molecule has 3 aromatic carbocycles. The summed E-state index contributed by atoms with van der Waals surface area (Å²) < 4.78 is 0. The van der Waals surface area contributed by atoms with Gasteiger partial charge in [0, 0.05) is 30.2 Å². The van der Waals surface area contributed by atoms with Gasteiger partial charge in [-0.25, -0.2) is 0 Å². The average molecular weight is 481 g/mol. The predicted octanol–water partition coefficient (Wildman–Crippen LogP) is 5.85. The largest absolute Gasteiger partial charge is 0.339 e. The first-order valence-corrected chi connectivity index (χ1v) is 11.7. The Kier molecular flexibility index (Phi) is 6.78. The lowest BCUT2D eigenvalue weighted by atomic mass is 9.84. The Morgan fingerprint density at radius 1 is 0.909 bits per heavy atom. The van der Waals surface area contributed by atoms with Crippen LogP contribution in [-0.4, -0.2) is 40.7 Å². The minimum absolute atomic E-state index is 0.0347. The molecule has 170 valence electrons. The van der Waals surface area contributed by atoms with Gasteiger partial charge in [-0.3, -0.25) is 9.59 Å². The Labute approximate surface area is 204 Å². The van der Waals surface area contributed by atoms with Crippen LogP contribution in [0, 0.1) is 0 Å². The molecular formula is C27H26Cl2N2O2. The zero-order valence-electron chi connectivity index (χ0n) is 18.7. The first kappa shape index (κ1) is 23.3. The van der Waals surface area contributed by atoms with Gasteiger partial charge in [0.2, 0.25) is 11.8 Å². The molecule has 0 saturated carbocycles. The number of rotatable bonds is 6. The van der Waals surface area contributed by atoms with Gasteiger partial charge in [0.1, 0.15) is 5.54 Å². The number of likely N-dealkylation sites (tertiary alicyclic amines) is 1. The third kappa shape index (κ3) is 5.07. The highest BCUT2D eigenvalue weighted by Gasteiger charge is 2.50. The molecule has 1 fully saturated rings. The maximum Gasteiger partial charge on any atom is 0.248 e. The minimum atomic E-state index is -0.807. The van der Waals surface area contributed by atoms with E-state index in [4.69, 9.17) is 23.2 Å². The topological polar surface area (TPSA) is 40.6 Å². The fraction of sp³-hybridized carbons (Fsp3) is 0.259. The molecule has 0 bridgehead atoms. The molecule has 1 aliphatic rings. The van der Waals surface area contributed by atoms with E-state index in [0.29, 0.717) is 29.6 Å². The van der Waals surface area contributed by atoms with Crippen molar-refractivity contribution >= 4 is 35.0 Å². The van der Waals surface area contributed by atoms with Crippen LogP contribution in [0.25, 0.3) is 11.1 Å². The number of amides is 2. The smallest absolute Gasteiger partial charge is 0.248 e. The second-order valence-corrected chi connectivity index (χ2v) is 9.61. The third-order valence-corrected chi connectivity index (χ3v) is 6.81. The highest BCUT2D eigenvalue weighted by molar-refractivity contribution is 6.31. The third-order valence-electron chi connectivity index (χ3n) is 6.33. The van der Waals surface area contributed by atoms with Gasteiger partial charge in [-0.15, -0.1) is 0 Å². The number of nitrogens with zero attached hydrogens (tertiary/aromatic N) is 2. The van der Waals surface area contributed by atoms with Gasteiger partial charge in [0.15, 0.2) is 0 Å². The fourth-order valence-corrected chi connectivity index (χ4v) is 4.60. The molecule has 33 heavy (non-hydrogen) atoms. The van der Waals surface area contributed by atoms with Crippen LogP contribution in [0.1, 0.15) is 24.5 Å². The molecule has 2 amide bonds. The molecule has 0 spiro atoms. The Morgan fingerprint density at radius 3 is 2.18 bits per heavy atom. The van der Waals surface area contributed by atoms with E-state index in [1.165, 1.54) is 0 Å². The number of benzene rings is 3. The normalized spacial score (nSPS) is 17.4. The SMILES string of the molecule is CN(Cc1ccc(Cl)cc1)C(=O)C1(C)CCN1C(=O)Cc1ccc(-c2cccc(Cl)c2)cc1. The molecule has 1 aliphatic heterocycles. The van der Waals surface area contributed by atoms with Crippen molar-refractivity contribution < 1.29 is 9.59 Å². The van der Waals surface area contributed by atoms with E-state index in [-0.39, 0.29) is 18.2 Å². The zero-order valence-corrected chi connectivity index (χ0v) is 20.2. The summed E-state index contributed by atoms with van der Waals surface area (Å²) >= 11 is 12.0. The van der Waals surface area contributed by atoms with Crippen LogP contribution in [-0.2, 0) is 22.6 Å². The molecule has 4 nitrogen and oxygen atoms in total. The number of hydrogen-bond acceptors (Lipinski definition) is 2. The Morgan fingerprint density at radius 2 is 1.58 bits per heavy atom. The van der Waals surface area contributed by atoms with E-state index in [9.17, 15) is 9.59 Å². The molecule has 1 heterocycles. The standard InChI is InChI=1S/C27H26Cl2N2O2/c1-27(26(33)30(2)18-20-8-12-23(28)13-9-20)14-15-31(27)25(32)16-19-6-10-21(11-7-19)22-4-3-5-24(29)17-22/h3-13,17H,14-16,18H2,1-2H3. The molecule has 4 rings (SSSR count). The maximum atomic E-state index is 13.2. The van der Waals surface area contributed by atoms with Crippen molar-refractivity contribution in [1.82, 2.24) is 9.80 Å². The van der Waals surface area contributed by atoms with E-state index in [1.54, 1.807) is 16.8 Å². The van der Waals surface area contributed by atoms with Gasteiger partial charge in [0.05, 0.1) is 6.42 Å². The van der Waals surface area contributed by atoms with Crippen LogP contribution in [0.4, 0.5) is 0 Å². The molecule has 0 aliphatic carbocycles. The number of likely N-dealkylation sites (N-methyl/N-ethyl adjacent to an activating group) is 1. The van der Waals surface area contributed by atoms with Crippen LogP contribution in [0.15, 0.2) is 72.8 Å². The lowest BCUT2D eigenvalue weighted by Crippen LogP contribution is -2.67. The van der Waals surface area contributed by atoms with Crippen molar-refractivity contribution in [2.45, 2.75) is 31.8 Å². The number of carbonyl (C=O) groups is 2. The predicted molar refractivity (Wildman–Crippen MR) is 133 cm³/mol. The monoisotopic (exact) mass is 480 g/mol. The maximum absolute atomic E-state index is 13.2. The summed E-state index contributed by atoms with van der Waals surface area (Å²) in [4.78, 5) is 29.7. The van der Waals surface area contributed by atoms with Gasteiger partial charge < -0.3 is 9.80 Å². The highest BCUT2D eigenvalue weighted by atomic mass is 35.5. The zero-order chi connectivity index (χ0) is 23.6. The molecule has 1 atom stereocenters. The summed E-state index contributed by atoms with van der Waals surface area (Å²) in [5.41, 5.74) is 3.18. The summed E-state index contributed by atoms with van der Waals surface area (Å²) in [6, 6.07) is 23.0. The summed E-state index contributed by atoms with van der Waals surface area (Å²) in [7, 11) is 1.78. The summed E-state index contributed by atoms with van der Waals surface area (Å²) in [5, 5.41) is 1.35. The number of halogens is 2. The van der Waals surface area contributed by atoms with E-state index >= 15 is 0 Å². The quantitative estimate of drug-likeness (QED) is 0.443. The van der Waals surface area contributed by atoms with Crippen molar-refractivity contribution in [2.75, 3.05) is 13.6 Å². The first-order chi connectivity index (χ1) is 15.8. The molecule has 0 N–H and O–H groups in total. The van der Waals surface area contributed by atoms with Crippen molar-refractivity contribution in [3.8, 4) is 11.1 Å². The van der Waals surface area contributed by atoms with Crippen molar-refractivity contribution in [3.63, 3.8) is 0 Å². The molecule has 6 heteroatoms. The molecule has 0 aromatic heterocycles. The average Bonchev–Trinajstić information content (AvgIpc) is 2.79. The lowest BCUT2D eigenvalue weighted by Gasteiger charge is -2.50. The molecular weight excluding hydrogens is 455 g/mol. The van der Waals surface area contributed by atoms with Gasteiger partial charge in [0.25, 0.3) is 0 Å². The van der Waals surface area contributed by atoms with Gasteiger partial charge >= 0.3 is 0 Å². The van der Waals surface area contributed by atoms with Crippen molar-refractivity contribution in [2.24, 2.45) is 0 Å². The van der Waals surface area contributed by atoms with Gasteiger partial charge in [-0.2, -0.15) is 0 Å². The summed E-state index contributed by atoms with van der Waals surface area (Å²) in [5.74, 6) is -0.0825. The van der Waals surface area contributed by atoms with Crippen molar-refractivity contribution in [1.29, 1.82) is 0 Å². The lowest BCUT2D eigenvalue weighted by molar-refractivity contribution is -0.163. The van der Waals surface area contributed by atoms with Gasteiger partial charge in [-0.1, -0.05) is 71.7 Å². The van der Waals surface area contributed by atoms with Crippen LogP contribution < -0.4 is 0 Å². The Hall–Kier alpha value is -2.82. The first-order valence-electron chi connectivity index (χ1n) is 10.9. The molecule has 1 unspecified atom stereocenters. The molecule has 3 aromatic rings. The van der Waals surface area contributed by atoms with Gasteiger partial charge in [-0.05, 0) is 59.9 Å². The number of carbonyl (C=O) groups excluding carboxylic acids is 2. The number of hydrogen-bond donors (Lipinski definition) is 0. The van der Waals surface area contributed by atoms with Crippen LogP contribution in [0.2, 0.25) is 10.0 Å². The second kappa shape index (κ2) is 9.58. The van der Waals surface area contributed by atoms with Crippen molar-refractivity contribution in [3.05, 3.63) is 94.0 Å².